The topological polar surface area (TPSA) is 68.7 Å². The number of thiazole rings is 1. The van der Waals surface area contributed by atoms with Crippen molar-refractivity contribution in [1.29, 1.82) is 0 Å². The highest BCUT2D eigenvalue weighted by Crippen LogP contribution is 2.49. The zero-order valence-corrected chi connectivity index (χ0v) is 19.7. The molecule has 3 aliphatic rings. The second-order valence-corrected chi connectivity index (χ2v) is 10.2. The Balaban J connectivity index is 1.64. The first kappa shape index (κ1) is 21.2. The fraction of sp³-hybridized carbons (Fsp3) is 0.480. The fourth-order valence-electron chi connectivity index (χ4n) is 5.09. The van der Waals surface area contributed by atoms with Crippen LogP contribution in [-0.4, -0.2) is 29.4 Å². The number of anilines is 1. The van der Waals surface area contributed by atoms with Gasteiger partial charge in [0, 0.05) is 4.88 Å². The molecule has 0 saturated heterocycles. The average Bonchev–Trinajstić information content (AvgIpc) is 3.25. The van der Waals surface area contributed by atoms with E-state index in [2.05, 4.69) is 11.9 Å². The summed E-state index contributed by atoms with van der Waals surface area (Å²) in [6.45, 7) is 8.59. The Morgan fingerprint density at radius 2 is 2.06 bits per heavy atom. The van der Waals surface area contributed by atoms with Crippen LogP contribution in [0.4, 0.5) is 5.13 Å². The number of ketones is 1. The van der Waals surface area contributed by atoms with E-state index in [-0.39, 0.29) is 29.5 Å². The van der Waals surface area contributed by atoms with Crippen molar-refractivity contribution in [1.82, 2.24) is 4.98 Å². The third kappa shape index (κ3) is 3.34. The van der Waals surface area contributed by atoms with Gasteiger partial charge in [-0.1, -0.05) is 19.1 Å². The summed E-state index contributed by atoms with van der Waals surface area (Å²) in [5, 5.41) is 0.596. The Kier molecular flexibility index (Phi) is 5.32. The molecule has 1 aromatic heterocycles. The molecular formula is C25H28N2O4S. The van der Waals surface area contributed by atoms with Crippen molar-refractivity contribution in [3.63, 3.8) is 0 Å². The summed E-state index contributed by atoms with van der Waals surface area (Å²) in [6.07, 6.45) is 2.41. The molecule has 1 amide bonds. The van der Waals surface area contributed by atoms with Gasteiger partial charge < -0.3 is 9.47 Å². The van der Waals surface area contributed by atoms with Crippen molar-refractivity contribution in [3.8, 4) is 5.75 Å². The first-order chi connectivity index (χ1) is 15.4. The van der Waals surface area contributed by atoms with E-state index >= 15 is 0 Å². The molecular weight excluding hydrogens is 424 g/mol. The lowest BCUT2D eigenvalue weighted by atomic mass is 9.74. The lowest BCUT2D eigenvalue weighted by Gasteiger charge is -2.37. The zero-order valence-electron chi connectivity index (χ0n) is 18.9. The Bertz CT molecular complexity index is 1100. The molecule has 2 aromatic rings. The van der Waals surface area contributed by atoms with Gasteiger partial charge in [-0.25, -0.2) is 4.98 Å². The van der Waals surface area contributed by atoms with Gasteiger partial charge in [0.1, 0.15) is 11.9 Å². The molecule has 5 rings (SSSR count). The number of fused-ring (bicyclic) bond motifs is 1. The number of nitrogens with zero attached hydrogens (tertiary/aromatic N) is 2. The molecule has 1 fully saturated rings. The van der Waals surface area contributed by atoms with Gasteiger partial charge in [0.15, 0.2) is 16.7 Å². The van der Waals surface area contributed by atoms with Crippen LogP contribution in [-0.2, 0) is 14.3 Å². The van der Waals surface area contributed by atoms with Crippen molar-refractivity contribution in [2.24, 2.45) is 11.8 Å². The number of hydrogen-bond donors (Lipinski definition) is 0. The number of carbonyl (C=O) groups is 2. The zero-order chi connectivity index (χ0) is 22.6. The van der Waals surface area contributed by atoms with Gasteiger partial charge in [0.25, 0.3) is 5.91 Å². The molecule has 1 aliphatic carbocycles. The molecule has 1 saturated carbocycles. The largest absolute Gasteiger partial charge is 0.494 e. The van der Waals surface area contributed by atoms with Crippen LogP contribution >= 0.6 is 11.3 Å². The van der Waals surface area contributed by atoms with Gasteiger partial charge in [0.05, 0.1) is 29.8 Å². The van der Waals surface area contributed by atoms with E-state index in [9.17, 15) is 9.59 Å². The van der Waals surface area contributed by atoms with Crippen molar-refractivity contribution in [3.05, 3.63) is 51.7 Å². The molecule has 3 heterocycles. The monoisotopic (exact) mass is 452 g/mol. The van der Waals surface area contributed by atoms with E-state index in [4.69, 9.17) is 9.47 Å². The summed E-state index contributed by atoms with van der Waals surface area (Å²) in [6, 6.07) is 7.09. The Hall–Kier alpha value is -2.67. The van der Waals surface area contributed by atoms with E-state index in [1.807, 2.05) is 45.0 Å². The molecule has 32 heavy (non-hydrogen) atoms. The summed E-state index contributed by atoms with van der Waals surface area (Å²) in [5.74, 6) is 0.988. The molecule has 4 unspecified atom stereocenters. The number of hydrogen-bond acceptors (Lipinski definition) is 6. The number of rotatable bonds is 4. The molecule has 4 atom stereocenters. The first-order valence-electron chi connectivity index (χ1n) is 11.3. The third-order valence-electron chi connectivity index (χ3n) is 6.82. The maximum absolute atomic E-state index is 13.8. The average molecular weight is 453 g/mol. The van der Waals surface area contributed by atoms with Crippen LogP contribution in [0.3, 0.4) is 0 Å². The number of amides is 1. The summed E-state index contributed by atoms with van der Waals surface area (Å²) in [4.78, 5) is 34.8. The molecule has 0 spiro atoms. The van der Waals surface area contributed by atoms with E-state index in [0.29, 0.717) is 29.0 Å². The predicted octanol–water partition coefficient (Wildman–Crippen LogP) is 4.90. The van der Waals surface area contributed by atoms with Crippen LogP contribution < -0.4 is 9.64 Å². The number of ether oxygens (including phenoxy) is 2. The number of aryl methyl sites for hydroxylation is 2. The van der Waals surface area contributed by atoms with E-state index in [1.54, 1.807) is 4.90 Å². The van der Waals surface area contributed by atoms with Gasteiger partial charge in [-0.3, -0.25) is 14.5 Å². The van der Waals surface area contributed by atoms with E-state index in [1.165, 1.54) is 11.3 Å². The summed E-state index contributed by atoms with van der Waals surface area (Å²) < 4.78 is 12.0. The van der Waals surface area contributed by atoms with Gasteiger partial charge in [-0.2, -0.15) is 0 Å². The lowest BCUT2D eigenvalue weighted by Crippen LogP contribution is -2.41. The van der Waals surface area contributed by atoms with E-state index < -0.39 is 6.04 Å². The van der Waals surface area contributed by atoms with Crippen molar-refractivity contribution < 1.29 is 19.1 Å². The van der Waals surface area contributed by atoms with Crippen LogP contribution in [0.15, 0.2) is 35.6 Å². The van der Waals surface area contributed by atoms with Crippen LogP contribution in [0.5, 0.6) is 5.75 Å². The van der Waals surface area contributed by atoms with Crippen LogP contribution in [0.25, 0.3) is 0 Å². The molecule has 7 heteroatoms. The quantitative estimate of drug-likeness (QED) is 0.660. The fourth-order valence-corrected chi connectivity index (χ4v) is 6.03. The van der Waals surface area contributed by atoms with E-state index in [0.717, 1.165) is 35.4 Å². The smallest absolute Gasteiger partial charge is 0.296 e. The van der Waals surface area contributed by atoms with Gasteiger partial charge in [-0.15, -0.1) is 11.3 Å². The first-order valence-corrected chi connectivity index (χ1v) is 12.2. The van der Waals surface area contributed by atoms with Gasteiger partial charge in [0.2, 0.25) is 0 Å². The van der Waals surface area contributed by atoms with Crippen molar-refractivity contribution >= 4 is 28.2 Å². The van der Waals surface area contributed by atoms with Crippen LogP contribution in [0.1, 0.15) is 55.3 Å². The molecule has 6 nitrogen and oxygen atoms in total. The number of aromatic nitrogens is 1. The second-order valence-electron chi connectivity index (χ2n) is 9.01. The van der Waals surface area contributed by atoms with Gasteiger partial charge >= 0.3 is 0 Å². The Morgan fingerprint density at radius 3 is 2.78 bits per heavy atom. The molecule has 0 radical (unpaired) electrons. The van der Waals surface area contributed by atoms with Gasteiger partial charge in [-0.05, 0) is 63.6 Å². The SMILES string of the molecule is CCOc1cccc(C2C3=C(OC4CCC(C)CC4C3=O)C(=O)N2c2nc(C)c(C)s2)c1. The maximum atomic E-state index is 13.8. The van der Waals surface area contributed by atoms with Crippen molar-refractivity contribution in [2.45, 2.75) is 59.1 Å². The Labute approximate surface area is 192 Å². The maximum Gasteiger partial charge on any atom is 0.296 e. The third-order valence-corrected chi connectivity index (χ3v) is 7.89. The highest BCUT2D eigenvalue weighted by atomic mass is 32.1. The number of benzene rings is 1. The lowest BCUT2D eigenvalue weighted by molar-refractivity contribution is -0.132. The second kappa shape index (κ2) is 8.03. The minimum absolute atomic E-state index is 0.0514. The molecule has 0 bridgehead atoms. The highest BCUT2D eigenvalue weighted by molar-refractivity contribution is 7.15. The number of carbonyl (C=O) groups excluding carboxylic acids is 2. The minimum Gasteiger partial charge on any atom is -0.494 e. The number of Topliss-reactive ketones (excluding diaryl/α,β-unsaturated/α-hetero) is 1. The predicted molar refractivity (Wildman–Crippen MR) is 123 cm³/mol. The minimum atomic E-state index is -0.562. The molecule has 1 aromatic carbocycles. The van der Waals surface area contributed by atoms with Crippen molar-refractivity contribution in [2.75, 3.05) is 11.5 Å². The molecule has 2 aliphatic heterocycles. The summed E-state index contributed by atoms with van der Waals surface area (Å²) in [5.41, 5.74) is 2.20. The van der Waals surface area contributed by atoms with Crippen LogP contribution in [0.2, 0.25) is 0 Å². The summed E-state index contributed by atoms with van der Waals surface area (Å²) >= 11 is 1.47. The Morgan fingerprint density at radius 1 is 1.25 bits per heavy atom. The van der Waals surface area contributed by atoms with Crippen LogP contribution in [0, 0.1) is 25.7 Å². The summed E-state index contributed by atoms with van der Waals surface area (Å²) in [7, 11) is 0. The molecule has 168 valence electrons. The highest BCUT2D eigenvalue weighted by Gasteiger charge is 2.53. The standard InChI is InChI=1S/C25H28N2O4S/c1-5-30-17-8-6-7-16(12-17)21-20-22(28)18-11-13(2)9-10-19(18)31-23(20)24(29)27(21)25-26-14(3)15(4)32-25/h6-8,12-13,18-19,21H,5,9-11H2,1-4H3. The normalized spacial score (nSPS) is 27.3. The molecule has 0 N–H and O–H groups in total.